The summed E-state index contributed by atoms with van der Waals surface area (Å²) in [6, 6.07) is 20.4. The number of hydrogen-bond donors (Lipinski definition) is 1. The predicted octanol–water partition coefficient (Wildman–Crippen LogP) is 5.36. The van der Waals surface area contributed by atoms with E-state index in [2.05, 4.69) is 45.5 Å². The topological polar surface area (TPSA) is 88.7 Å². The second-order valence-electron chi connectivity index (χ2n) is 10.4. The highest BCUT2D eigenvalue weighted by Gasteiger charge is 2.29. The van der Waals surface area contributed by atoms with Gasteiger partial charge in [-0.2, -0.15) is 5.10 Å². The minimum Gasteiger partial charge on any atom is -0.355 e. The minimum atomic E-state index is -0.203. The normalized spacial score (nSPS) is 12.8. The first kappa shape index (κ1) is 27.9. The standard InChI is InChI=1S/C32H27BrClN5O3/c1-19-3-5-20(6-4-19)15-23-17-36-39-28-18-37(31(41)22-9-12-26(33)27(34)16-22)14-13-25(28)32(42)38(30(23)39)24-10-7-21(8-11-24)29(40)35-2/h3-12,16-17H,13-15,18H2,1-2H3,(H,35,40). The molecule has 0 saturated carbocycles. The fourth-order valence-corrected chi connectivity index (χ4v) is 5.82. The molecule has 3 aromatic carbocycles. The molecule has 42 heavy (non-hydrogen) atoms. The SMILES string of the molecule is CNC(=O)c1ccc(-n2c(=O)c3c(n4ncc(Cc5ccc(C)cc5)c24)CN(C(=O)c2ccc(Br)c(Cl)c2)CC3)cc1. The summed E-state index contributed by atoms with van der Waals surface area (Å²) < 4.78 is 4.18. The summed E-state index contributed by atoms with van der Waals surface area (Å²) in [4.78, 5) is 41.6. The zero-order valence-electron chi connectivity index (χ0n) is 23.0. The number of carbonyl (C=O) groups is 2. The van der Waals surface area contributed by atoms with Crippen molar-refractivity contribution in [2.45, 2.75) is 26.3 Å². The van der Waals surface area contributed by atoms with Crippen LogP contribution in [-0.4, -0.2) is 44.5 Å². The molecule has 1 aliphatic heterocycles. The van der Waals surface area contributed by atoms with E-state index in [0.717, 1.165) is 16.7 Å². The molecule has 0 atom stereocenters. The molecule has 212 valence electrons. The molecule has 0 radical (unpaired) electrons. The average Bonchev–Trinajstić information content (AvgIpc) is 3.42. The van der Waals surface area contributed by atoms with Crippen molar-refractivity contribution in [3.05, 3.63) is 132 Å². The summed E-state index contributed by atoms with van der Waals surface area (Å²) in [5, 5.41) is 7.83. The molecule has 2 amide bonds. The molecule has 0 unspecified atom stereocenters. The van der Waals surface area contributed by atoms with E-state index in [-0.39, 0.29) is 23.9 Å². The number of amides is 2. The number of nitrogens with zero attached hydrogens (tertiary/aromatic N) is 4. The van der Waals surface area contributed by atoms with E-state index in [4.69, 9.17) is 16.7 Å². The highest BCUT2D eigenvalue weighted by Crippen LogP contribution is 2.27. The maximum Gasteiger partial charge on any atom is 0.261 e. The van der Waals surface area contributed by atoms with Crippen molar-refractivity contribution in [1.29, 1.82) is 0 Å². The smallest absolute Gasteiger partial charge is 0.261 e. The number of fused-ring (bicyclic) bond motifs is 3. The number of benzene rings is 3. The number of rotatable bonds is 5. The summed E-state index contributed by atoms with van der Waals surface area (Å²) in [5.41, 5.74) is 6.51. The lowest BCUT2D eigenvalue weighted by Crippen LogP contribution is -2.41. The van der Waals surface area contributed by atoms with E-state index in [1.807, 2.05) is 6.92 Å². The maximum absolute atomic E-state index is 14.2. The van der Waals surface area contributed by atoms with Gasteiger partial charge in [0, 0.05) is 46.7 Å². The van der Waals surface area contributed by atoms with Crippen LogP contribution in [0.25, 0.3) is 11.3 Å². The third kappa shape index (κ3) is 5.03. The minimum absolute atomic E-state index is 0.158. The molecule has 0 bridgehead atoms. The first-order valence-corrected chi connectivity index (χ1v) is 14.7. The Labute approximate surface area is 255 Å². The Morgan fingerprint density at radius 2 is 1.74 bits per heavy atom. The molecule has 1 N–H and O–H groups in total. The molecule has 8 nitrogen and oxygen atoms in total. The first-order valence-electron chi connectivity index (χ1n) is 13.5. The van der Waals surface area contributed by atoms with Crippen LogP contribution in [0.2, 0.25) is 5.02 Å². The molecular weight excluding hydrogens is 618 g/mol. The summed E-state index contributed by atoms with van der Waals surface area (Å²) in [5.74, 6) is -0.366. The Morgan fingerprint density at radius 3 is 2.43 bits per heavy atom. The molecule has 3 heterocycles. The van der Waals surface area contributed by atoms with Crippen molar-refractivity contribution in [2.24, 2.45) is 0 Å². The Balaban J connectivity index is 1.48. The quantitative estimate of drug-likeness (QED) is 0.279. The van der Waals surface area contributed by atoms with Gasteiger partial charge in [-0.3, -0.25) is 19.0 Å². The maximum atomic E-state index is 14.2. The van der Waals surface area contributed by atoms with Crippen molar-refractivity contribution >= 4 is 45.0 Å². The van der Waals surface area contributed by atoms with Gasteiger partial charge in [-0.1, -0.05) is 41.4 Å². The molecule has 10 heteroatoms. The first-order chi connectivity index (χ1) is 20.2. The Morgan fingerprint density at radius 1 is 1.02 bits per heavy atom. The number of aryl methyl sites for hydroxylation is 1. The van der Waals surface area contributed by atoms with Gasteiger partial charge < -0.3 is 10.2 Å². The second-order valence-corrected chi connectivity index (χ2v) is 11.6. The lowest BCUT2D eigenvalue weighted by atomic mass is 10.0. The summed E-state index contributed by atoms with van der Waals surface area (Å²) in [6.07, 6.45) is 2.74. The van der Waals surface area contributed by atoms with Crippen molar-refractivity contribution < 1.29 is 9.59 Å². The van der Waals surface area contributed by atoms with Gasteiger partial charge in [0.15, 0.2) is 0 Å². The van der Waals surface area contributed by atoms with Crippen LogP contribution in [0.15, 0.2) is 82.2 Å². The van der Waals surface area contributed by atoms with Gasteiger partial charge >= 0.3 is 0 Å². The number of halogens is 2. The fourth-order valence-electron chi connectivity index (χ4n) is 5.40. The number of hydrogen-bond acceptors (Lipinski definition) is 4. The van der Waals surface area contributed by atoms with Gasteiger partial charge in [-0.05, 0) is 77.3 Å². The van der Waals surface area contributed by atoms with Gasteiger partial charge in [0.2, 0.25) is 0 Å². The van der Waals surface area contributed by atoms with Crippen LogP contribution in [-0.2, 0) is 19.4 Å². The Hall–Kier alpha value is -4.21. The highest BCUT2D eigenvalue weighted by atomic mass is 79.9. The largest absolute Gasteiger partial charge is 0.355 e. The van der Waals surface area contributed by atoms with E-state index in [1.165, 1.54) is 0 Å². The number of aromatic nitrogens is 3. The van der Waals surface area contributed by atoms with Crippen molar-refractivity contribution in [2.75, 3.05) is 13.6 Å². The van der Waals surface area contributed by atoms with E-state index in [9.17, 15) is 14.4 Å². The van der Waals surface area contributed by atoms with E-state index in [1.54, 1.807) is 69.7 Å². The zero-order valence-corrected chi connectivity index (χ0v) is 25.4. The third-order valence-electron chi connectivity index (χ3n) is 7.65. The fraction of sp³-hybridized carbons (Fsp3) is 0.188. The Kier molecular flexibility index (Phi) is 7.47. The van der Waals surface area contributed by atoms with Crippen LogP contribution >= 0.6 is 27.5 Å². The molecular formula is C32H27BrClN5O3. The predicted molar refractivity (Wildman–Crippen MR) is 166 cm³/mol. The molecule has 5 aromatic rings. The monoisotopic (exact) mass is 643 g/mol. The van der Waals surface area contributed by atoms with Gasteiger partial charge in [-0.25, -0.2) is 4.52 Å². The molecule has 0 aliphatic carbocycles. The summed E-state index contributed by atoms with van der Waals surface area (Å²) >= 11 is 9.64. The third-order valence-corrected chi connectivity index (χ3v) is 8.88. The van der Waals surface area contributed by atoms with Crippen molar-refractivity contribution in [3.8, 4) is 5.69 Å². The molecule has 0 saturated heterocycles. The van der Waals surface area contributed by atoms with Crippen molar-refractivity contribution in [1.82, 2.24) is 24.4 Å². The number of carbonyl (C=O) groups excluding carboxylic acids is 2. The van der Waals surface area contributed by atoms with Gasteiger partial charge in [0.1, 0.15) is 5.65 Å². The second kappa shape index (κ2) is 11.2. The van der Waals surface area contributed by atoms with Crippen LogP contribution in [0.3, 0.4) is 0 Å². The lowest BCUT2D eigenvalue weighted by Gasteiger charge is -2.30. The zero-order chi connectivity index (χ0) is 29.5. The van der Waals surface area contributed by atoms with E-state index >= 15 is 0 Å². The summed E-state index contributed by atoms with van der Waals surface area (Å²) in [7, 11) is 1.58. The van der Waals surface area contributed by atoms with Gasteiger partial charge in [0.25, 0.3) is 17.4 Å². The van der Waals surface area contributed by atoms with Crippen molar-refractivity contribution in [3.63, 3.8) is 0 Å². The van der Waals surface area contributed by atoms with Crippen LogP contribution in [0, 0.1) is 6.92 Å². The summed E-state index contributed by atoms with van der Waals surface area (Å²) in [6.45, 7) is 2.66. The van der Waals surface area contributed by atoms with Crippen LogP contribution in [0.1, 0.15) is 48.7 Å². The lowest BCUT2D eigenvalue weighted by molar-refractivity contribution is 0.0729. The molecule has 2 aromatic heterocycles. The van der Waals surface area contributed by atoms with E-state index < -0.39 is 0 Å². The van der Waals surface area contributed by atoms with Crippen LogP contribution in [0.5, 0.6) is 0 Å². The number of nitrogens with one attached hydrogen (secondary N) is 1. The average molecular weight is 645 g/mol. The van der Waals surface area contributed by atoms with Gasteiger partial charge in [0.05, 0.1) is 29.1 Å². The molecule has 0 fully saturated rings. The van der Waals surface area contributed by atoms with Crippen LogP contribution < -0.4 is 10.9 Å². The highest BCUT2D eigenvalue weighted by molar-refractivity contribution is 9.10. The molecule has 1 aliphatic rings. The molecule has 6 rings (SSSR count). The van der Waals surface area contributed by atoms with E-state index in [0.29, 0.717) is 62.6 Å². The Bertz CT molecular complexity index is 1910. The molecule has 0 spiro atoms. The van der Waals surface area contributed by atoms with Gasteiger partial charge in [-0.15, -0.1) is 0 Å². The van der Waals surface area contributed by atoms with Crippen LogP contribution in [0.4, 0.5) is 0 Å².